The average Bonchev–Trinajstić information content (AvgIpc) is 2.04. The van der Waals surface area contributed by atoms with Gasteiger partial charge in [-0.05, 0) is 25.0 Å². The molecule has 0 N–H and O–H groups in total. The van der Waals surface area contributed by atoms with Crippen LogP contribution in [0.25, 0.3) is 0 Å². The molecule has 1 unspecified atom stereocenters. The molecule has 1 rings (SSSR count). The van der Waals surface area contributed by atoms with Crippen molar-refractivity contribution in [1.29, 1.82) is 0 Å². The Balaban J connectivity index is 3.02. The number of benzene rings is 1. The van der Waals surface area contributed by atoms with E-state index in [9.17, 15) is 4.91 Å². The predicted octanol–water partition coefficient (Wildman–Crippen LogP) is 2.82. The van der Waals surface area contributed by atoms with E-state index >= 15 is 0 Å². The van der Waals surface area contributed by atoms with E-state index in [4.69, 9.17) is 0 Å². The smallest absolute Gasteiger partial charge is 0.114 e. The summed E-state index contributed by atoms with van der Waals surface area (Å²) in [6, 6.07) is 7.56. The van der Waals surface area contributed by atoms with Crippen LogP contribution in [-0.4, -0.2) is 0 Å². The van der Waals surface area contributed by atoms with E-state index in [1.165, 1.54) is 0 Å². The number of hydrogen-bond donors (Lipinski definition) is 0. The van der Waals surface area contributed by atoms with Crippen molar-refractivity contribution in [1.82, 2.24) is 0 Å². The van der Waals surface area contributed by atoms with Crippen molar-refractivity contribution in [2.45, 2.75) is 19.9 Å². The molecule has 0 saturated carbocycles. The minimum Gasteiger partial charge on any atom is -0.150 e. The maximum Gasteiger partial charge on any atom is 0.114 e. The largest absolute Gasteiger partial charge is 0.150 e. The second-order valence-corrected chi connectivity index (χ2v) is 2.64. The Morgan fingerprint density at radius 1 is 1.36 bits per heavy atom. The summed E-state index contributed by atoms with van der Waals surface area (Å²) < 4.78 is 0. The van der Waals surface area contributed by atoms with Crippen molar-refractivity contribution in [3.63, 3.8) is 0 Å². The van der Waals surface area contributed by atoms with Crippen molar-refractivity contribution < 1.29 is 0 Å². The Morgan fingerprint density at radius 3 is 2.55 bits per heavy atom. The zero-order valence-electron chi connectivity index (χ0n) is 6.74. The molecular formula is C9H11NO. The molecule has 0 aliphatic rings. The van der Waals surface area contributed by atoms with Gasteiger partial charge in [0.25, 0.3) is 0 Å². The highest BCUT2D eigenvalue weighted by molar-refractivity contribution is 5.28. The van der Waals surface area contributed by atoms with Gasteiger partial charge < -0.3 is 0 Å². The molecule has 0 aliphatic carbocycles. The Kier molecular flexibility index (Phi) is 2.36. The molecule has 0 bridgehead atoms. The molecule has 0 spiro atoms. The first-order valence-corrected chi connectivity index (χ1v) is 3.63. The molecule has 2 nitrogen and oxygen atoms in total. The van der Waals surface area contributed by atoms with E-state index in [1.807, 2.05) is 31.2 Å². The van der Waals surface area contributed by atoms with Crippen LogP contribution in [0.4, 0.5) is 0 Å². The highest BCUT2D eigenvalue weighted by atomic mass is 16.3. The normalized spacial score (nSPS) is 12.5. The summed E-state index contributed by atoms with van der Waals surface area (Å²) in [5.41, 5.74) is 2.14. The number of nitrogens with zero attached hydrogens (tertiary/aromatic N) is 1. The van der Waals surface area contributed by atoms with Gasteiger partial charge in [0.2, 0.25) is 0 Å². The quantitative estimate of drug-likeness (QED) is 0.594. The molecule has 2 heteroatoms. The van der Waals surface area contributed by atoms with Crippen LogP contribution < -0.4 is 0 Å². The highest BCUT2D eigenvalue weighted by Crippen LogP contribution is 2.19. The van der Waals surface area contributed by atoms with Crippen LogP contribution in [0, 0.1) is 11.8 Å². The SMILES string of the molecule is Cc1ccccc1C(C)N=O. The van der Waals surface area contributed by atoms with Crippen molar-refractivity contribution in [2.75, 3.05) is 0 Å². The summed E-state index contributed by atoms with van der Waals surface area (Å²) in [6.45, 7) is 3.78. The van der Waals surface area contributed by atoms with Gasteiger partial charge in [-0.15, -0.1) is 0 Å². The zero-order chi connectivity index (χ0) is 8.27. The topological polar surface area (TPSA) is 29.4 Å². The molecule has 58 valence electrons. The van der Waals surface area contributed by atoms with Crippen LogP contribution in [0.3, 0.4) is 0 Å². The summed E-state index contributed by atoms with van der Waals surface area (Å²) >= 11 is 0. The van der Waals surface area contributed by atoms with Crippen molar-refractivity contribution in [2.24, 2.45) is 5.18 Å². The van der Waals surface area contributed by atoms with Gasteiger partial charge in [0.05, 0.1) is 0 Å². The summed E-state index contributed by atoms with van der Waals surface area (Å²) in [4.78, 5) is 10.2. The number of aryl methyl sites for hydroxylation is 1. The molecule has 0 aromatic heterocycles. The van der Waals surface area contributed by atoms with Crippen LogP contribution in [0.2, 0.25) is 0 Å². The molecule has 0 amide bonds. The van der Waals surface area contributed by atoms with Crippen LogP contribution in [0.5, 0.6) is 0 Å². The average molecular weight is 149 g/mol. The van der Waals surface area contributed by atoms with E-state index in [0.29, 0.717) is 0 Å². The van der Waals surface area contributed by atoms with Gasteiger partial charge in [-0.3, -0.25) is 0 Å². The second-order valence-electron chi connectivity index (χ2n) is 2.64. The van der Waals surface area contributed by atoms with Crippen LogP contribution in [-0.2, 0) is 0 Å². The van der Waals surface area contributed by atoms with E-state index in [0.717, 1.165) is 11.1 Å². The van der Waals surface area contributed by atoms with Crippen molar-refractivity contribution in [3.8, 4) is 0 Å². The summed E-state index contributed by atoms with van der Waals surface area (Å²) in [7, 11) is 0. The lowest BCUT2D eigenvalue weighted by Gasteiger charge is -2.05. The molecule has 0 heterocycles. The Labute approximate surface area is 66.2 Å². The monoisotopic (exact) mass is 149 g/mol. The van der Waals surface area contributed by atoms with E-state index in [-0.39, 0.29) is 6.04 Å². The number of rotatable bonds is 2. The van der Waals surface area contributed by atoms with Gasteiger partial charge in [0.15, 0.2) is 0 Å². The van der Waals surface area contributed by atoms with E-state index in [1.54, 1.807) is 6.92 Å². The minimum absolute atomic E-state index is 0.226. The third kappa shape index (κ3) is 1.64. The molecule has 0 radical (unpaired) electrons. The van der Waals surface area contributed by atoms with Gasteiger partial charge in [0.1, 0.15) is 6.04 Å². The molecule has 0 aliphatic heterocycles. The molecule has 0 fully saturated rings. The molecular weight excluding hydrogens is 138 g/mol. The second kappa shape index (κ2) is 3.28. The fraction of sp³-hybridized carbons (Fsp3) is 0.333. The Morgan fingerprint density at radius 2 is 2.00 bits per heavy atom. The molecule has 11 heavy (non-hydrogen) atoms. The third-order valence-electron chi connectivity index (χ3n) is 1.80. The molecule has 1 aromatic carbocycles. The first-order valence-electron chi connectivity index (χ1n) is 3.63. The fourth-order valence-corrected chi connectivity index (χ4v) is 1.11. The maximum atomic E-state index is 10.2. The van der Waals surface area contributed by atoms with Gasteiger partial charge in [-0.2, -0.15) is 4.91 Å². The third-order valence-corrected chi connectivity index (χ3v) is 1.80. The summed E-state index contributed by atoms with van der Waals surface area (Å²) in [6.07, 6.45) is 0. The van der Waals surface area contributed by atoms with Crippen LogP contribution in [0.15, 0.2) is 29.4 Å². The van der Waals surface area contributed by atoms with Crippen LogP contribution >= 0.6 is 0 Å². The lowest BCUT2D eigenvalue weighted by molar-refractivity contribution is 0.804. The first kappa shape index (κ1) is 7.92. The van der Waals surface area contributed by atoms with Gasteiger partial charge in [-0.25, -0.2) is 0 Å². The Bertz CT molecular complexity index is 257. The van der Waals surface area contributed by atoms with Gasteiger partial charge in [0, 0.05) is 0 Å². The van der Waals surface area contributed by atoms with Gasteiger partial charge >= 0.3 is 0 Å². The van der Waals surface area contributed by atoms with Crippen molar-refractivity contribution >= 4 is 0 Å². The van der Waals surface area contributed by atoms with Gasteiger partial charge in [-0.1, -0.05) is 29.4 Å². The lowest BCUT2D eigenvalue weighted by Crippen LogP contribution is -1.91. The van der Waals surface area contributed by atoms with E-state index < -0.39 is 0 Å². The standard InChI is InChI=1S/C9H11NO/c1-7-5-3-4-6-9(7)8(2)10-11/h3-6,8H,1-2H3. The molecule has 1 atom stereocenters. The minimum atomic E-state index is -0.226. The van der Waals surface area contributed by atoms with E-state index in [2.05, 4.69) is 5.18 Å². The zero-order valence-corrected chi connectivity index (χ0v) is 6.74. The van der Waals surface area contributed by atoms with Crippen molar-refractivity contribution in [3.05, 3.63) is 40.3 Å². The maximum absolute atomic E-state index is 10.2. The number of hydrogen-bond acceptors (Lipinski definition) is 2. The first-order chi connectivity index (χ1) is 5.25. The van der Waals surface area contributed by atoms with Crippen LogP contribution in [0.1, 0.15) is 24.1 Å². The molecule has 1 aromatic rings. The lowest BCUT2D eigenvalue weighted by atomic mass is 10.0. The Hall–Kier alpha value is -1.18. The fourth-order valence-electron chi connectivity index (χ4n) is 1.11. The predicted molar refractivity (Wildman–Crippen MR) is 45.4 cm³/mol. The highest BCUT2D eigenvalue weighted by Gasteiger charge is 2.05. The molecule has 0 saturated heterocycles. The summed E-state index contributed by atoms with van der Waals surface area (Å²) in [5, 5.41) is 2.97. The number of nitroso groups, excluding NO2 is 1. The summed E-state index contributed by atoms with van der Waals surface area (Å²) in [5.74, 6) is 0.